The van der Waals surface area contributed by atoms with Crippen molar-refractivity contribution in [1.29, 1.82) is 0 Å². The molecule has 0 radical (unpaired) electrons. The molecule has 1 atom stereocenters. The van der Waals surface area contributed by atoms with Gasteiger partial charge in [0.1, 0.15) is 11.5 Å². The number of nitrogens with zero attached hydrogens (tertiary/aromatic N) is 3. The number of hydrogen-bond donors (Lipinski definition) is 0. The lowest BCUT2D eigenvalue weighted by atomic mass is 9.96. The fourth-order valence-corrected chi connectivity index (χ4v) is 4.85. The number of benzene rings is 2. The lowest BCUT2D eigenvalue weighted by Crippen LogP contribution is -2.43. The molecule has 2 aliphatic rings. The number of likely N-dealkylation sites (tertiary alicyclic amines) is 1. The van der Waals surface area contributed by atoms with Crippen LogP contribution in [-0.4, -0.2) is 68.0 Å². The zero-order chi connectivity index (χ0) is 25.7. The second kappa shape index (κ2) is 11.6. The molecule has 2 heterocycles. The maximum Gasteiger partial charge on any atom is 0.309 e. The third kappa shape index (κ3) is 5.70. The summed E-state index contributed by atoms with van der Waals surface area (Å²) in [4.78, 5) is 27.8. The largest absolute Gasteiger partial charge is 0.497 e. The molecule has 192 valence electrons. The minimum Gasteiger partial charge on any atom is -0.497 e. The number of piperidine rings is 1. The van der Waals surface area contributed by atoms with E-state index in [-0.39, 0.29) is 30.4 Å². The molecule has 1 saturated heterocycles. The maximum absolute atomic E-state index is 13.6. The average Bonchev–Trinajstić information content (AvgIpc) is 3.34. The number of hydrogen-bond acceptors (Lipinski definition) is 7. The molecule has 0 aromatic heterocycles. The van der Waals surface area contributed by atoms with E-state index in [2.05, 4.69) is 17.0 Å². The van der Waals surface area contributed by atoms with Gasteiger partial charge in [-0.2, -0.15) is 5.10 Å². The number of amides is 1. The number of rotatable bonds is 8. The van der Waals surface area contributed by atoms with Gasteiger partial charge in [0.2, 0.25) is 0 Å². The van der Waals surface area contributed by atoms with Gasteiger partial charge < -0.3 is 14.2 Å². The van der Waals surface area contributed by atoms with Gasteiger partial charge in [-0.3, -0.25) is 14.5 Å². The lowest BCUT2D eigenvalue weighted by Gasteiger charge is -2.32. The van der Waals surface area contributed by atoms with E-state index < -0.39 is 0 Å². The molecular weight excluding hydrogens is 458 g/mol. The highest BCUT2D eigenvalue weighted by atomic mass is 16.5. The molecule has 1 fully saturated rings. The van der Waals surface area contributed by atoms with Crippen molar-refractivity contribution in [2.24, 2.45) is 11.0 Å². The highest BCUT2D eigenvalue weighted by molar-refractivity contribution is 6.03. The van der Waals surface area contributed by atoms with E-state index in [0.717, 1.165) is 16.8 Å². The number of carbonyl (C=O) groups excluding carboxylic acids is 2. The Kier molecular flexibility index (Phi) is 8.25. The van der Waals surface area contributed by atoms with Crippen LogP contribution in [0.5, 0.6) is 11.5 Å². The van der Waals surface area contributed by atoms with Gasteiger partial charge in [-0.25, -0.2) is 5.01 Å². The summed E-state index contributed by atoms with van der Waals surface area (Å²) in [5.41, 5.74) is 3.93. The Labute approximate surface area is 212 Å². The van der Waals surface area contributed by atoms with Gasteiger partial charge in [0.15, 0.2) is 0 Å². The topological polar surface area (TPSA) is 80.7 Å². The van der Waals surface area contributed by atoms with Crippen LogP contribution in [0.3, 0.4) is 0 Å². The second-order valence-corrected chi connectivity index (χ2v) is 9.28. The van der Waals surface area contributed by atoms with Crippen molar-refractivity contribution in [2.45, 2.75) is 39.2 Å². The van der Waals surface area contributed by atoms with Gasteiger partial charge >= 0.3 is 5.97 Å². The summed E-state index contributed by atoms with van der Waals surface area (Å²) in [6.07, 6.45) is 1.97. The van der Waals surface area contributed by atoms with E-state index in [0.29, 0.717) is 50.5 Å². The highest BCUT2D eigenvalue weighted by Crippen LogP contribution is 2.39. The van der Waals surface area contributed by atoms with E-state index >= 15 is 0 Å². The first-order valence-electron chi connectivity index (χ1n) is 12.5. The Morgan fingerprint density at radius 3 is 2.39 bits per heavy atom. The lowest BCUT2D eigenvalue weighted by molar-refractivity contribution is -0.149. The van der Waals surface area contributed by atoms with Crippen molar-refractivity contribution in [3.63, 3.8) is 0 Å². The van der Waals surface area contributed by atoms with Crippen LogP contribution in [0.4, 0.5) is 0 Å². The number of methoxy groups -OCH3 is 2. The normalized spacial score (nSPS) is 18.6. The van der Waals surface area contributed by atoms with Crippen LogP contribution < -0.4 is 9.47 Å². The van der Waals surface area contributed by atoms with Crippen molar-refractivity contribution < 1.29 is 23.8 Å². The van der Waals surface area contributed by atoms with Crippen LogP contribution in [0.15, 0.2) is 47.6 Å². The van der Waals surface area contributed by atoms with Crippen molar-refractivity contribution >= 4 is 17.6 Å². The first kappa shape index (κ1) is 25.7. The Balaban J connectivity index is 1.54. The van der Waals surface area contributed by atoms with Gasteiger partial charge in [0.05, 0.1) is 45.0 Å². The van der Waals surface area contributed by atoms with Crippen molar-refractivity contribution in [2.75, 3.05) is 40.5 Å². The van der Waals surface area contributed by atoms with Gasteiger partial charge in [-0.1, -0.05) is 29.8 Å². The Bertz CT molecular complexity index is 1110. The van der Waals surface area contributed by atoms with Crippen LogP contribution in [0, 0.1) is 12.8 Å². The van der Waals surface area contributed by atoms with Crippen LogP contribution in [0.1, 0.15) is 48.9 Å². The second-order valence-electron chi connectivity index (χ2n) is 9.28. The fraction of sp³-hybridized carbons (Fsp3) is 0.464. The molecule has 0 spiro atoms. The molecule has 0 aliphatic carbocycles. The standard InChI is InChI=1S/C28H35N3O5/c1-5-36-28(33)21-12-14-30(15-13-21)18-27(32)31-25(23-11-10-22(34-3)16-26(23)35-4)17-24(29-31)20-8-6-19(2)7-9-20/h6-11,16,21,25H,5,12-15,17-18H2,1-4H3. The zero-order valence-electron chi connectivity index (χ0n) is 21.5. The third-order valence-electron chi connectivity index (χ3n) is 6.92. The number of ether oxygens (including phenoxy) is 3. The number of carbonyl (C=O) groups is 2. The molecular formula is C28H35N3O5. The van der Waals surface area contributed by atoms with E-state index in [1.165, 1.54) is 5.56 Å². The Morgan fingerprint density at radius 2 is 1.75 bits per heavy atom. The monoisotopic (exact) mass is 493 g/mol. The predicted molar refractivity (Wildman–Crippen MR) is 137 cm³/mol. The van der Waals surface area contributed by atoms with E-state index in [4.69, 9.17) is 19.3 Å². The highest BCUT2D eigenvalue weighted by Gasteiger charge is 2.36. The van der Waals surface area contributed by atoms with Crippen molar-refractivity contribution in [1.82, 2.24) is 9.91 Å². The molecule has 4 rings (SSSR count). The summed E-state index contributed by atoms with van der Waals surface area (Å²) in [6, 6.07) is 13.6. The molecule has 36 heavy (non-hydrogen) atoms. The smallest absolute Gasteiger partial charge is 0.309 e. The minimum absolute atomic E-state index is 0.0745. The van der Waals surface area contributed by atoms with E-state index in [1.807, 2.05) is 44.2 Å². The number of hydrazone groups is 1. The minimum atomic E-state index is -0.285. The van der Waals surface area contributed by atoms with Gasteiger partial charge in [-0.15, -0.1) is 0 Å². The summed E-state index contributed by atoms with van der Waals surface area (Å²) in [5, 5.41) is 6.42. The molecule has 8 nitrogen and oxygen atoms in total. The first-order chi connectivity index (χ1) is 17.4. The van der Waals surface area contributed by atoms with E-state index in [1.54, 1.807) is 19.2 Å². The SMILES string of the molecule is CCOC(=O)C1CCN(CC(=O)N2N=C(c3ccc(C)cc3)CC2c2ccc(OC)cc2OC)CC1. The summed E-state index contributed by atoms with van der Waals surface area (Å²) < 4.78 is 16.2. The average molecular weight is 494 g/mol. The molecule has 0 bridgehead atoms. The summed E-state index contributed by atoms with van der Waals surface area (Å²) >= 11 is 0. The molecule has 2 aromatic rings. The Morgan fingerprint density at radius 1 is 1.03 bits per heavy atom. The first-order valence-corrected chi connectivity index (χ1v) is 12.5. The Hall–Kier alpha value is -3.39. The van der Waals surface area contributed by atoms with Crippen LogP contribution in [0.2, 0.25) is 0 Å². The van der Waals surface area contributed by atoms with Gasteiger partial charge in [-0.05, 0) is 57.5 Å². The molecule has 1 amide bonds. The van der Waals surface area contributed by atoms with Crippen molar-refractivity contribution in [3.05, 3.63) is 59.2 Å². The van der Waals surface area contributed by atoms with Gasteiger partial charge in [0.25, 0.3) is 5.91 Å². The van der Waals surface area contributed by atoms with Gasteiger partial charge in [0, 0.05) is 18.1 Å². The molecule has 8 heteroatoms. The van der Waals surface area contributed by atoms with Crippen molar-refractivity contribution in [3.8, 4) is 11.5 Å². The summed E-state index contributed by atoms with van der Waals surface area (Å²) in [6.45, 7) is 5.86. The zero-order valence-corrected chi connectivity index (χ0v) is 21.5. The molecule has 2 aliphatic heterocycles. The summed E-state index contributed by atoms with van der Waals surface area (Å²) in [7, 11) is 3.23. The van der Waals surface area contributed by atoms with Crippen LogP contribution in [0.25, 0.3) is 0 Å². The predicted octanol–water partition coefficient (Wildman–Crippen LogP) is 3.97. The van der Waals surface area contributed by atoms with Crippen LogP contribution in [-0.2, 0) is 14.3 Å². The third-order valence-corrected chi connectivity index (χ3v) is 6.92. The summed E-state index contributed by atoms with van der Waals surface area (Å²) in [5.74, 6) is 1.05. The fourth-order valence-electron chi connectivity index (χ4n) is 4.85. The number of esters is 1. The number of aryl methyl sites for hydroxylation is 1. The maximum atomic E-state index is 13.6. The molecule has 1 unspecified atom stereocenters. The van der Waals surface area contributed by atoms with Crippen LogP contribution >= 0.6 is 0 Å². The molecule has 2 aromatic carbocycles. The molecule has 0 saturated carbocycles. The molecule has 0 N–H and O–H groups in total. The van der Waals surface area contributed by atoms with E-state index in [9.17, 15) is 9.59 Å². The quantitative estimate of drug-likeness (QED) is 0.518.